The van der Waals surface area contributed by atoms with E-state index in [-0.39, 0.29) is 29.5 Å². The molecule has 0 saturated carbocycles. The summed E-state index contributed by atoms with van der Waals surface area (Å²) in [5.41, 5.74) is 1.40. The summed E-state index contributed by atoms with van der Waals surface area (Å²) < 4.78 is 0. The van der Waals surface area contributed by atoms with Gasteiger partial charge in [0.2, 0.25) is 0 Å². The minimum absolute atomic E-state index is 0. The van der Waals surface area contributed by atoms with Crippen molar-refractivity contribution in [3.8, 4) is 0 Å². The number of rotatable bonds is 7. The molecular formula is C18H38IN5. The summed E-state index contributed by atoms with van der Waals surface area (Å²) in [4.78, 5) is 7.17. The minimum atomic E-state index is 0. The van der Waals surface area contributed by atoms with Gasteiger partial charge in [0.15, 0.2) is 5.96 Å². The Labute approximate surface area is 166 Å². The predicted molar refractivity (Wildman–Crippen MR) is 117 cm³/mol. The largest absolute Gasteiger partial charge is 0.357 e. The van der Waals surface area contributed by atoms with E-state index in [1.807, 2.05) is 0 Å². The van der Waals surface area contributed by atoms with Crippen LogP contribution in [0.1, 0.15) is 47.5 Å². The van der Waals surface area contributed by atoms with E-state index in [0.717, 1.165) is 58.1 Å². The standard InChI is InChI=1S/C18H37N5.HI/c1-7-19-17(20-10-11-21-18(4,5)6)22-16-8-12-23(13-9-16)14-15(2)3;/h16,21H,2,7-14H2,1,3-6H3,(H2,19,20,22);1H. The zero-order chi connectivity index (χ0) is 17.3. The Kier molecular flexibility index (Phi) is 11.9. The summed E-state index contributed by atoms with van der Waals surface area (Å²) in [6.45, 7) is 20.6. The molecule has 5 nitrogen and oxygen atoms in total. The number of nitrogens with one attached hydrogen (secondary N) is 3. The van der Waals surface area contributed by atoms with Gasteiger partial charge in [0.05, 0.1) is 6.54 Å². The molecule has 6 heteroatoms. The number of halogens is 1. The molecule has 0 aromatic rings. The van der Waals surface area contributed by atoms with Crippen molar-refractivity contribution >= 4 is 29.9 Å². The summed E-state index contributed by atoms with van der Waals surface area (Å²) in [6.07, 6.45) is 2.33. The fourth-order valence-corrected chi connectivity index (χ4v) is 2.73. The monoisotopic (exact) mass is 451 g/mol. The van der Waals surface area contributed by atoms with Crippen molar-refractivity contribution in [3.63, 3.8) is 0 Å². The van der Waals surface area contributed by atoms with Crippen LogP contribution in [-0.4, -0.2) is 61.7 Å². The van der Waals surface area contributed by atoms with Gasteiger partial charge in [-0.1, -0.05) is 12.2 Å². The topological polar surface area (TPSA) is 51.7 Å². The maximum atomic E-state index is 4.68. The number of nitrogens with zero attached hydrogens (tertiary/aromatic N) is 2. The molecule has 0 aliphatic carbocycles. The first-order valence-corrected chi connectivity index (χ1v) is 8.97. The van der Waals surface area contributed by atoms with Crippen molar-refractivity contribution in [3.05, 3.63) is 12.2 Å². The zero-order valence-corrected chi connectivity index (χ0v) is 18.6. The smallest absolute Gasteiger partial charge is 0.191 e. The second-order valence-electron chi connectivity index (χ2n) is 7.59. The lowest BCUT2D eigenvalue weighted by atomic mass is 10.0. The lowest BCUT2D eigenvalue weighted by Crippen LogP contribution is -2.49. The molecule has 0 aromatic carbocycles. The van der Waals surface area contributed by atoms with Crippen molar-refractivity contribution in [2.24, 2.45) is 4.99 Å². The molecule has 0 atom stereocenters. The van der Waals surface area contributed by atoms with Crippen molar-refractivity contribution in [1.29, 1.82) is 0 Å². The van der Waals surface area contributed by atoms with Crippen LogP contribution in [-0.2, 0) is 0 Å². The maximum absolute atomic E-state index is 4.68. The second kappa shape index (κ2) is 12.1. The highest BCUT2D eigenvalue weighted by Crippen LogP contribution is 2.11. The van der Waals surface area contributed by atoms with E-state index in [9.17, 15) is 0 Å². The predicted octanol–water partition coefficient (Wildman–Crippen LogP) is 2.59. The SMILES string of the molecule is C=C(C)CN1CCC(NC(=NCCNC(C)(C)C)NCC)CC1.I. The van der Waals surface area contributed by atoms with E-state index >= 15 is 0 Å². The van der Waals surface area contributed by atoms with Gasteiger partial charge >= 0.3 is 0 Å². The van der Waals surface area contributed by atoms with E-state index in [0.29, 0.717) is 6.04 Å². The molecule has 0 unspecified atom stereocenters. The lowest BCUT2D eigenvalue weighted by molar-refractivity contribution is 0.221. The highest BCUT2D eigenvalue weighted by molar-refractivity contribution is 14.0. The first-order valence-electron chi connectivity index (χ1n) is 8.97. The third-order valence-electron chi connectivity index (χ3n) is 3.80. The van der Waals surface area contributed by atoms with Gasteiger partial charge in [-0.25, -0.2) is 0 Å². The van der Waals surface area contributed by atoms with Crippen LogP contribution >= 0.6 is 24.0 Å². The van der Waals surface area contributed by atoms with Crippen molar-refractivity contribution in [1.82, 2.24) is 20.9 Å². The van der Waals surface area contributed by atoms with Crippen LogP contribution < -0.4 is 16.0 Å². The Morgan fingerprint density at radius 1 is 1.25 bits per heavy atom. The van der Waals surface area contributed by atoms with Gasteiger partial charge in [0.25, 0.3) is 0 Å². The average molecular weight is 451 g/mol. The highest BCUT2D eigenvalue weighted by Gasteiger charge is 2.19. The van der Waals surface area contributed by atoms with Crippen LogP contribution in [0.25, 0.3) is 0 Å². The summed E-state index contributed by atoms with van der Waals surface area (Å²) in [5, 5.41) is 10.4. The molecule has 0 aromatic heterocycles. The molecule has 1 fully saturated rings. The fourth-order valence-electron chi connectivity index (χ4n) is 2.73. The molecule has 0 bridgehead atoms. The molecule has 3 N–H and O–H groups in total. The number of hydrogen-bond acceptors (Lipinski definition) is 3. The van der Waals surface area contributed by atoms with Gasteiger partial charge in [-0.3, -0.25) is 9.89 Å². The lowest BCUT2D eigenvalue weighted by Gasteiger charge is -2.33. The summed E-state index contributed by atoms with van der Waals surface area (Å²) in [5.74, 6) is 0.946. The van der Waals surface area contributed by atoms with E-state index in [2.05, 4.69) is 67.0 Å². The Balaban J connectivity index is 0.00000529. The van der Waals surface area contributed by atoms with Crippen LogP contribution in [0.2, 0.25) is 0 Å². The van der Waals surface area contributed by atoms with Crippen LogP contribution in [0.5, 0.6) is 0 Å². The quantitative estimate of drug-likeness (QED) is 0.183. The van der Waals surface area contributed by atoms with E-state index in [1.54, 1.807) is 0 Å². The number of hydrogen-bond donors (Lipinski definition) is 3. The average Bonchev–Trinajstić information content (AvgIpc) is 2.44. The Hall–Kier alpha value is -0.340. The van der Waals surface area contributed by atoms with Gasteiger partial charge in [0.1, 0.15) is 0 Å². The molecule has 0 radical (unpaired) electrons. The van der Waals surface area contributed by atoms with Crippen LogP contribution in [0, 0.1) is 0 Å². The van der Waals surface area contributed by atoms with E-state index < -0.39 is 0 Å². The first-order chi connectivity index (χ1) is 10.8. The van der Waals surface area contributed by atoms with E-state index in [4.69, 9.17) is 0 Å². The molecule has 1 rings (SSSR count). The molecule has 24 heavy (non-hydrogen) atoms. The molecule has 1 saturated heterocycles. The molecule has 142 valence electrons. The Bertz CT molecular complexity index is 381. The van der Waals surface area contributed by atoms with Crippen molar-refractivity contribution in [2.45, 2.75) is 59.0 Å². The number of guanidine groups is 1. The maximum Gasteiger partial charge on any atom is 0.191 e. The Morgan fingerprint density at radius 2 is 1.88 bits per heavy atom. The molecule has 1 aliphatic rings. The first kappa shape index (κ1) is 23.7. The van der Waals surface area contributed by atoms with Gasteiger partial charge in [0, 0.05) is 44.3 Å². The summed E-state index contributed by atoms with van der Waals surface area (Å²) in [6, 6.07) is 0.518. The highest BCUT2D eigenvalue weighted by atomic mass is 127. The van der Waals surface area contributed by atoms with Gasteiger partial charge in [-0.15, -0.1) is 24.0 Å². The fraction of sp³-hybridized carbons (Fsp3) is 0.833. The van der Waals surface area contributed by atoms with Gasteiger partial charge < -0.3 is 16.0 Å². The van der Waals surface area contributed by atoms with Gasteiger partial charge in [-0.2, -0.15) is 0 Å². The van der Waals surface area contributed by atoms with Crippen LogP contribution in [0.3, 0.4) is 0 Å². The molecule has 1 heterocycles. The summed E-state index contributed by atoms with van der Waals surface area (Å²) in [7, 11) is 0. The third kappa shape index (κ3) is 11.3. The second-order valence-corrected chi connectivity index (χ2v) is 7.59. The zero-order valence-electron chi connectivity index (χ0n) is 16.2. The van der Waals surface area contributed by atoms with E-state index in [1.165, 1.54) is 5.57 Å². The van der Waals surface area contributed by atoms with Crippen LogP contribution in [0.4, 0.5) is 0 Å². The number of aliphatic imine (C=N–C) groups is 1. The summed E-state index contributed by atoms with van der Waals surface area (Å²) >= 11 is 0. The normalized spacial score (nSPS) is 17.3. The third-order valence-corrected chi connectivity index (χ3v) is 3.80. The van der Waals surface area contributed by atoms with Gasteiger partial charge in [-0.05, 0) is 47.5 Å². The molecular weight excluding hydrogens is 413 g/mol. The Morgan fingerprint density at radius 3 is 2.38 bits per heavy atom. The molecule has 0 amide bonds. The molecule has 0 spiro atoms. The number of likely N-dealkylation sites (tertiary alicyclic amines) is 1. The van der Waals surface area contributed by atoms with Crippen LogP contribution in [0.15, 0.2) is 17.1 Å². The van der Waals surface area contributed by atoms with Crippen molar-refractivity contribution < 1.29 is 0 Å². The molecule has 1 aliphatic heterocycles. The number of piperidine rings is 1. The van der Waals surface area contributed by atoms with Crippen molar-refractivity contribution in [2.75, 3.05) is 39.3 Å². The minimum Gasteiger partial charge on any atom is -0.357 e.